The number of ether oxygens (including phenoxy) is 1. The molecule has 0 fully saturated rings. The number of carbonyl (C=O) groups excluding carboxylic acids is 1. The van der Waals surface area contributed by atoms with Gasteiger partial charge in [0.05, 0.1) is 13.3 Å². The molecule has 0 radical (unpaired) electrons. The summed E-state index contributed by atoms with van der Waals surface area (Å²) in [6.07, 6.45) is 1.46. The Hall–Kier alpha value is -0.890. The molecule has 0 saturated heterocycles. The molecule has 0 aliphatic carbocycles. The Balaban J connectivity index is 3.17. The largest absolute Gasteiger partial charge is 0.464 e. The van der Waals surface area contributed by atoms with Crippen LogP contribution < -0.4 is 0 Å². The van der Waals surface area contributed by atoms with Crippen molar-refractivity contribution < 1.29 is 18.9 Å². The lowest BCUT2D eigenvalue weighted by Gasteiger charge is -2.03. The molecule has 1 aromatic rings. The van der Waals surface area contributed by atoms with Crippen molar-refractivity contribution in [3.63, 3.8) is 0 Å². The topological polar surface area (TPSA) is 73.9 Å². The van der Waals surface area contributed by atoms with Crippen molar-refractivity contribution in [1.29, 1.82) is 0 Å². The number of nitrogens with zero attached hydrogens (tertiary/aromatic N) is 2. The molecule has 0 amide bonds. The summed E-state index contributed by atoms with van der Waals surface area (Å²) < 4.78 is 9.28. The van der Waals surface area contributed by atoms with Gasteiger partial charge in [-0.3, -0.25) is 0 Å². The van der Waals surface area contributed by atoms with Crippen LogP contribution in [0.2, 0.25) is 0 Å². The van der Waals surface area contributed by atoms with E-state index >= 15 is 0 Å². The van der Waals surface area contributed by atoms with Gasteiger partial charge >= 0.3 is 5.97 Å². The minimum absolute atomic E-state index is 0.0820. The Morgan fingerprint density at radius 1 is 1.56 bits per heavy atom. The quantitative estimate of drug-likeness (QED) is 0.357. The zero-order valence-electron chi connectivity index (χ0n) is 8.44. The van der Waals surface area contributed by atoms with Crippen LogP contribution in [-0.2, 0) is 14.4 Å². The van der Waals surface area contributed by atoms with E-state index < -0.39 is 5.97 Å². The normalized spacial score (nSPS) is 11.7. The second kappa shape index (κ2) is 6.00. The first kappa shape index (κ1) is 13.2. The number of oxime groups is 1. The summed E-state index contributed by atoms with van der Waals surface area (Å²) in [5.41, 5.74) is 0.530. The van der Waals surface area contributed by atoms with Crippen LogP contribution in [0.25, 0.3) is 0 Å². The molecule has 0 aliphatic rings. The molecule has 0 aliphatic heterocycles. The maximum absolute atomic E-state index is 11.4. The standard InChI is InChI=1S/C8H8Br2N2O4/c1-14-8(13)5(12-15-2)6-4(7(9)10)3-11-16-6/h3,7H,1-2H3. The Kier molecular flexibility index (Phi) is 4.94. The van der Waals surface area contributed by atoms with Gasteiger partial charge < -0.3 is 14.1 Å². The number of esters is 1. The number of carbonyl (C=O) groups is 1. The van der Waals surface area contributed by atoms with E-state index in [0.29, 0.717) is 5.56 Å². The zero-order valence-corrected chi connectivity index (χ0v) is 11.6. The summed E-state index contributed by atoms with van der Waals surface area (Å²) in [5.74, 6) is -0.479. The first-order valence-corrected chi connectivity index (χ1v) is 5.87. The molecule has 0 N–H and O–H groups in total. The number of methoxy groups -OCH3 is 1. The zero-order chi connectivity index (χ0) is 12.1. The molecule has 1 aromatic heterocycles. The van der Waals surface area contributed by atoms with Crippen LogP contribution in [0.1, 0.15) is 15.1 Å². The molecule has 1 rings (SSSR count). The molecular formula is C8H8Br2N2O4. The van der Waals surface area contributed by atoms with Crippen molar-refractivity contribution in [3.05, 3.63) is 17.5 Å². The molecule has 88 valence electrons. The van der Waals surface area contributed by atoms with Gasteiger partial charge in [0.25, 0.3) is 0 Å². The second-order valence-electron chi connectivity index (χ2n) is 2.53. The molecule has 16 heavy (non-hydrogen) atoms. The van der Waals surface area contributed by atoms with Crippen molar-refractivity contribution in [2.24, 2.45) is 5.16 Å². The Morgan fingerprint density at radius 2 is 2.25 bits per heavy atom. The minimum Gasteiger partial charge on any atom is -0.464 e. The van der Waals surface area contributed by atoms with Crippen LogP contribution in [0.15, 0.2) is 15.9 Å². The summed E-state index contributed by atoms with van der Waals surface area (Å²) in [5, 5.41) is 7.13. The number of hydrogen-bond acceptors (Lipinski definition) is 6. The van der Waals surface area contributed by atoms with Crippen LogP contribution in [0.5, 0.6) is 0 Å². The van der Waals surface area contributed by atoms with Gasteiger partial charge in [0.2, 0.25) is 11.5 Å². The maximum atomic E-state index is 11.4. The number of hydrogen-bond donors (Lipinski definition) is 0. The fourth-order valence-corrected chi connectivity index (χ4v) is 1.59. The van der Waals surface area contributed by atoms with Gasteiger partial charge in [-0.25, -0.2) is 4.79 Å². The smallest absolute Gasteiger partial charge is 0.364 e. The van der Waals surface area contributed by atoms with Gasteiger partial charge in [0, 0.05) is 5.56 Å². The fourth-order valence-electron chi connectivity index (χ4n) is 0.942. The van der Waals surface area contributed by atoms with Gasteiger partial charge in [-0.2, -0.15) is 0 Å². The van der Waals surface area contributed by atoms with Crippen LogP contribution in [0.4, 0.5) is 0 Å². The lowest BCUT2D eigenvalue weighted by atomic mass is 10.2. The van der Waals surface area contributed by atoms with Crippen LogP contribution in [0.3, 0.4) is 0 Å². The van der Waals surface area contributed by atoms with E-state index in [2.05, 4.69) is 51.7 Å². The molecule has 0 spiro atoms. The predicted molar refractivity (Wildman–Crippen MR) is 62.7 cm³/mol. The lowest BCUT2D eigenvalue weighted by molar-refractivity contribution is -0.132. The summed E-state index contributed by atoms with van der Waals surface area (Å²) in [6.45, 7) is 0. The highest BCUT2D eigenvalue weighted by atomic mass is 79.9. The van der Waals surface area contributed by atoms with Gasteiger partial charge in [-0.05, 0) is 0 Å². The third-order valence-electron chi connectivity index (χ3n) is 1.61. The van der Waals surface area contributed by atoms with Crippen molar-refractivity contribution in [2.45, 2.75) is 3.74 Å². The minimum atomic E-state index is -0.666. The first-order chi connectivity index (χ1) is 7.61. The molecular weight excluding hydrogens is 348 g/mol. The molecule has 0 aromatic carbocycles. The van der Waals surface area contributed by atoms with E-state index in [1.165, 1.54) is 20.4 Å². The third kappa shape index (κ3) is 2.82. The highest BCUT2D eigenvalue weighted by Crippen LogP contribution is 2.32. The van der Waals surface area contributed by atoms with Crippen LogP contribution in [-0.4, -0.2) is 31.1 Å². The van der Waals surface area contributed by atoms with Gasteiger partial charge in [-0.15, -0.1) is 0 Å². The van der Waals surface area contributed by atoms with E-state index in [4.69, 9.17) is 4.52 Å². The molecule has 8 heteroatoms. The summed E-state index contributed by atoms with van der Waals surface area (Å²) in [4.78, 5) is 16.0. The Bertz CT molecular complexity index is 402. The maximum Gasteiger partial charge on any atom is 0.364 e. The average molecular weight is 356 g/mol. The highest BCUT2D eigenvalue weighted by molar-refractivity contribution is 9.24. The summed E-state index contributed by atoms with van der Waals surface area (Å²) in [7, 11) is 2.56. The fraction of sp³-hybridized carbons (Fsp3) is 0.375. The van der Waals surface area contributed by atoms with E-state index in [-0.39, 0.29) is 15.2 Å². The molecule has 6 nitrogen and oxygen atoms in total. The average Bonchev–Trinajstić information content (AvgIpc) is 2.73. The number of rotatable bonds is 4. The van der Waals surface area contributed by atoms with Crippen molar-refractivity contribution in [3.8, 4) is 0 Å². The van der Waals surface area contributed by atoms with Crippen LogP contribution in [0, 0.1) is 0 Å². The van der Waals surface area contributed by atoms with E-state index in [9.17, 15) is 4.79 Å². The molecule has 0 atom stereocenters. The number of aromatic nitrogens is 1. The number of halogens is 2. The van der Waals surface area contributed by atoms with Gasteiger partial charge in [0.15, 0.2) is 0 Å². The van der Waals surface area contributed by atoms with Crippen LogP contribution >= 0.6 is 31.9 Å². The highest BCUT2D eigenvalue weighted by Gasteiger charge is 2.26. The van der Waals surface area contributed by atoms with Crippen molar-refractivity contribution in [2.75, 3.05) is 14.2 Å². The monoisotopic (exact) mass is 354 g/mol. The Labute approximate surface area is 108 Å². The molecule has 1 heterocycles. The van der Waals surface area contributed by atoms with Gasteiger partial charge in [0.1, 0.15) is 10.8 Å². The summed E-state index contributed by atoms with van der Waals surface area (Å²) >= 11 is 6.54. The molecule has 0 bridgehead atoms. The third-order valence-corrected chi connectivity index (χ3v) is 2.60. The van der Waals surface area contributed by atoms with E-state index in [1.54, 1.807) is 0 Å². The SMILES string of the molecule is CON=C(C(=O)OC)c1oncc1C(Br)Br. The molecule has 0 unspecified atom stereocenters. The first-order valence-electron chi connectivity index (χ1n) is 4.04. The van der Waals surface area contributed by atoms with Gasteiger partial charge in [-0.1, -0.05) is 42.2 Å². The molecule has 0 saturated carbocycles. The van der Waals surface area contributed by atoms with Crippen molar-refractivity contribution >= 4 is 43.5 Å². The Morgan fingerprint density at radius 3 is 2.75 bits per heavy atom. The summed E-state index contributed by atoms with van der Waals surface area (Å²) in [6, 6.07) is 0. The lowest BCUT2D eigenvalue weighted by Crippen LogP contribution is -2.18. The van der Waals surface area contributed by atoms with E-state index in [1.807, 2.05) is 0 Å². The van der Waals surface area contributed by atoms with E-state index in [0.717, 1.165) is 0 Å². The predicted octanol–water partition coefficient (Wildman–Crippen LogP) is 1.99. The number of alkyl halides is 2. The second-order valence-corrected chi connectivity index (χ2v) is 5.59. The van der Waals surface area contributed by atoms with Crippen molar-refractivity contribution in [1.82, 2.24) is 5.16 Å².